The molecule has 3 aromatic rings. The Morgan fingerprint density at radius 2 is 1.81 bits per heavy atom. The van der Waals surface area contributed by atoms with E-state index < -0.39 is 0 Å². The fourth-order valence-electron chi connectivity index (χ4n) is 3.44. The Morgan fingerprint density at radius 3 is 2.59 bits per heavy atom. The topological polar surface area (TPSA) is 71.3 Å². The van der Waals surface area contributed by atoms with Crippen LogP contribution in [0, 0.1) is 0 Å². The van der Waals surface area contributed by atoms with Gasteiger partial charge in [0.15, 0.2) is 5.82 Å². The van der Waals surface area contributed by atoms with Gasteiger partial charge in [-0.3, -0.25) is 9.69 Å². The first-order valence-electron chi connectivity index (χ1n) is 9.19. The van der Waals surface area contributed by atoms with Crippen LogP contribution in [0.25, 0.3) is 0 Å². The highest BCUT2D eigenvalue weighted by Crippen LogP contribution is 2.27. The molecule has 1 N–H and O–H groups in total. The zero-order chi connectivity index (χ0) is 18.5. The van der Waals surface area contributed by atoms with Gasteiger partial charge in [-0.1, -0.05) is 65.8 Å². The van der Waals surface area contributed by atoms with E-state index in [2.05, 4.69) is 32.5 Å². The average Bonchev–Trinajstić information content (AvgIpc) is 3.05. The lowest BCUT2D eigenvalue weighted by atomic mass is 10.0. The van der Waals surface area contributed by atoms with Gasteiger partial charge in [0.25, 0.3) is 0 Å². The third-order valence-electron chi connectivity index (χ3n) is 4.78. The Bertz CT molecular complexity index is 879. The highest BCUT2D eigenvalue weighted by atomic mass is 16.5. The summed E-state index contributed by atoms with van der Waals surface area (Å²) in [4.78, 5) is 18.9. The normalized spacial score (nSPS) is 18.1. The predicted octanol–water partition coefficient (Wildman–Crippen LogP) is 2.72. The van der Waals surface area contributed by atoms with E-state index in [9.17, 15) is 4.79 Å². The summed E-state index contributed by atoms with van der Waals surface area (Å²) in [6, 6.07) is 20.2. The number of nitrogens with zero attached hydrogens (tertiary/aromatic N) is 3. The third-order valence-corrected chi connectivity index (χ3v) is 4.78. The molecule has 0 saturated carbocycles. The van der Waals surface area contributed by atoms with Crippen molar-refractivity contribution in [2.45, 2.75) is 25.4 Å². The number of aromatic nitrogens is 2. The van der Waals surface area contributed by atoms with Crippen LogP contribution in [0.3, 0.4) is 0 Å². The van der Waals surface area contributed by atoms with Crippen LogP contribution in [0.4, 0.5) is 0 Å². The standard InChI is InChI=1S/C21H22N4O2/c26-20-14-18(17-9-5-2-6-10-17)25(12-11-22-20)15-21-23-19(24-27-21)13-16-7-3-1-4-8-16/h1-10,18H,11-15H2,(H,22,26)/t18-/m0/s1. The summed E-state index contributed by atoms with van der Waals surface area (Å²) in [6.45, 7) is 1.88. The molecule has 0 aliphatic carbocycles. The van der Waals surface area contributed by atoms with E-state index in [1.165, 1.54) is 0 Å². The van der Waals surface area contributed by atoms with E-state index >= 15 is 0 Å². The van der Waals surface area contributed by atoms with Crippen LogP contribution >= 0.6 is 0 Å². The average molecular weight is 362 g/mol. The van der Waals surface area contributed by atoms with Crippen LogP contribution in [0.1, 0.15) is 35.3 Å². The van der Waals surface area contributed by atoms with Crippen molar-refractivity contribution in [1.82, 2.24) is 20.4 Å². The third kappa shape index (κ3) is 4.41. The first-order valence-corrected chi connectivity index (χ1v) is 9.19. The zero-order valence-electron chi connectivity index (χ0n) is 15.0. The highest BCUT2D eigenvalue weighted by Gasteiger charge is 2.27. The molecule has 4 rings (SSSR count). The first-order chi connectivity index (χ1) is 13.3. The molecule has 0 bridgehead atoms. The fraction of sp³-hybridized carbons (Fsp3) is 0.286. The second-order valence-corrected chi connectivity index (χ2v) is 6.72. The van der Waals surface area contributed by atoms with Crippen LogP contribution in [0.5, 0.6) is 0 Å². The van der Waals surface area contributed by atoms with Crippen molar-refractivity contribution in [2.75, 3.05) is 13.1 Å². The summed E-state index contributed by atoms with van der Waals surface area (Å²) in [5.41, 5.74) is 2.27. The monoisotopic (exact) mass is 362 g/mol. The molecular weight excluding hydrogens is 340 g/mol. The molecule has 6 nitrogen and oxygen atoms in total. The Balaban J connectivity index is 1.50. The molecule has 1 aromatic heterocycles. The van der Waals surface area contributed by atoms with Gasteiger partial charge in [-0.25, -0.2) is 0 Å². The molecule has 2 aromatic carbocycles. The minimum absolute atomic E-state index is 0.00169. The van der Waals surface area contributed by atoms with Gasteiger partial charge in [-0.2, -0.15) is 4.98 Å². The quantitative estimate of drug-likeness (QED) is 0.756. The van der Waals surface area contributed by atoms with Crippen molar-refractivity contribution in [3.8, 4) is 0 Å². The SMILES string of the molecule is O=C1C[C@@H](c2ccccc2)N(Cc2nc(Cc3ccccc3)no2)CCN1. The summed E-state index contributed by atoms with van der Waals surface area (Å²) in [5.74, 6) is 1.33. The second-order valence-electron chi connectivity index (χ2n) is 6.72. The van der Waals surface area contributed by atoms with Crippen molar-refractivity contribution in [2.24, 2.45) is 0 Å². The van der Waals surface area contributed by atoms with Gasteiger partial charge >= 0.3 is 0 Å². The molecule has 1 aliphatic rings. The molecule has 0 spiro atoms. The molecule has 27 heavy (non-hydrogen) atoms. The van der Waals surface area contributed by atoms with Gasteiger partial charge in [0.05, 0.1) is 6.54 Å². The minimum atomic E-state index is -0.00169. The van der Waals surface area contributed by atoms with Crippen molar-refractivity contribution in [3.63, 3.8) is 0 Å². The Morgan fingerprint density at radius 1 is 1.07 bits per heavy atom. The molecule has 138 valence electrons. The van der Waals surface area contributed by atoms with E-state index in [4.69, 9.17) is 4.52 Å². The summed E-state index contributed by atoms with van der Waals surface area (Å²) in [5, 5.41) is 7.07. The molecular formula is C21H22N4O2. The van der Waals surface area contributed by atoms with Gasteiger partial charge in [-0.15, -0.1) is 0 Å². The molecule has 0 radical (unpaired) electrons. The largest absolute Gasteiger partial charge is 0.355 e. The van der Waals surface area contributed by atoms with E-state index in [1.54, 1.807) is 0 Å². The van der Waals surface area contributed by atoms with E-state index in [-0.39, 0.29) is 11.9 Å². The van der Waals surface area contributed by atoms with Gasteiger partial charge in [0.2, 0.25) is 11.8 Å². The molecule has 1 aliphatic heterocycles. The molecule has 0 unspecified atom stereocenters. The summed E-state index contributed by atoms with van der Waals surface area (Å²) >= 11 is 0. The van der Waals surface area contributed by atoms with Gasteiger partial charge in [-0.05, 0) is 11.1 Å². The van der Waals surface area contributed by atoms with Crippen molar-refractivity contribution >= 4 is 5.91 Å². The lowest BCUT2D eigenvalue weighted by Gasteiger charge is -2.27. The number of nitrogens with one attached hydrogen (secondary N) is 1. The van der Waals surface area contributed by atoms with E-state index in [0.29, 0.717) is 37.6 Å². The Labute approximate surface area is 158 Å². The maximum atomic E-state index is 12.1. The minimum Gasteiger partial charge on any atom is -0.355 e. The fourth-order valence-corrected chi connectivity index (χ4v) is 3.44. The van der Waals surface area contributed by atoms with Crippen LogP contribution in [-0.2, 0) is 17.8 Å². The van der Waals surface area contributed by atoms with Crippen molar-refractivity contribution in [3.05, 3.63) is 83.5 Å². The molecule has 1 atom stereocenters. The first kappa shape index (κ1) is 17.4. The lowest BCUT2D eigenvalue weighted by molar-refractivity contribution is -0.121. The molecule has 1 fully saturated rings. The van der Waals surface area contributed by atoms with E-state index in [1.807, 2.05) is 48.5 Å². The number of carbonyl (C=O) groups is 1. The molecule has 1 saturated heterocycles. The number of hydrogen-bond donors (Lipinski definition) is 1. The Hall–Kier alpha value is -2.99. The smallest absolute Gasteiger partial charge is 0.240 e. The number of amides is 1. The van der Waals surface area contributed by atoms with Gasteiger partial charge < -0.3 is 9.84 Å². The second kappa shape index (κ2) is 8.14. The zero-order valence-corrected chi connectivity index (χ0v) is 15.0. The summed E-state index contributed by atoms with van der Waals surface area (Å²) < 4.78 is 5.48. The highest BCUT2D eigenvalue weighted by molar-refractivity contribution is 5.77. The molecule has 6 heteroatoms. The van der Waals surface area contributed by atoms with Crippen LogP contribution in [0.2, 0.25) is 0 Å². The van der Waals surface area contributed by atoms with Crippen molar-refractivity contribution in [1.29, 1.82) is 0 Å². The summed E-state index contributed by atoms with van der Waals surface area (Å²) in [7, 11) is 0. The maximum Gasteiger partial charge on any atom is 0.240 e. The maximum absolute atomic E-state index is 12.1. The Kier molecular flexibility index (Phi) is 5.25. The van der Waals surface area contributed by atoms with Crippen LogP contribution in [-0.4, -0.2) is 34.0 Å². The number of benzene rings is 2. The van der Waals surface area contributed by atoms with Gasteiger partial charge in [0, 0.05) is 32.0 Å². The van der Waals surface area contributed by atoms with E-state index in [0.717, 1.165) is 17.7 Å². The summed E-state index contributed by atoms with van der Waals surface area (Å²) in [6.07, 6.45) is 1.07. The number of carbonyl (C=O) groups excluding carboxylic acids is 1. The molecule has 1 amide bonds. The van der Waals surface area contributed by atoms with Gasteiger partial charge in [0.1, 0.15) is 0 Å². The number of hydrogen-bond acceptors (Lipinski definition) is 5. The number of rotatable bonds is 5. The predicted molar refractivity (Wildman–Crippen MR) is 101 cm³/mol. The van der Waals surface area contributed by atoms with Crippen LogP contribution in [0.15, 0.2) is 65.2 Å². The molecule has 2 heterocycles. The van der Waals surface area contributed by atoms with Crippen LogP contribution < -0.4 is 5.32 Å². The lowest BCUT2D eigenvalue weighted by Crippen LogP contribution is -2.30. The van der Waals surface area contributed by atoms with Crippen molar-refractivity contribution < 1.29 is 9.32 Å².